The number of hydrogen-bond acceptors (Lipinski definition) is 4. The minimum atomic E-state index is -4.08. The van der Waals surface area contributed by atoms with Crippen LogP contribution in [0.1, 0.15) is 28.9 Å². The van der Waals surface area contributed by atoms with Gasteiger partial charge < -0.3 is 9.88 Å². The first-order chi connectivity index (χ1) is 15.8. The Balaban J connectivity index is 1.47. The lowest BCUT2D eigenvalue weighted by molar-refractivity contribution is 0.0939. The van der Waals surface area contributed by atoms with Crippen molar-refractivity contribution in [1.29, 1.82) is 0 Å². The van der Waals surface area contributed by atoms with E-state index in [0.29, 0.717) is 0 Å². The van der Waals surface area contributed by atoms with Gasteiger partial charge in [0.05, 0.1) is 23.0 Å². The van der Waals surface area contributed by atoms with Gasteiger partial charge in [-0.3, -0.25) is 9.52 Å². The lowest BCUT2D eigenvalue weighted by atomic mass is 10.1. The molecule has 0 unspecified atom stereocenters. The summed E-state index contributed by atoms with van der Waals surface area (Å²) in [5, 5.41) is 2.87. The number of imidazole rings is 1. The third-order valence-corrected chi connectivity index (χ3v) is 6.43. The topological polar surface area (TPSA) is 93.1 Å². The zero-order valence-electron chi connectivity index (χ0n) is 17.6. The second kappa shape index (κ2) is 9.25. The average Bonchev–Trinajstić information content (AvgIpc) is 3.36. The van der Waals surface area contributed by atoms with Crippen molar-refractivity contribution in [2.45, 2.75) is 17.9 Å². The summed E-state index contributed by atoms with van der Waals surface area (Å²) >= 11 is 0. The molecule has 2 N–H and O–H groups in total. The standard InChI is InChI=1S/C24H21FN4O3S/c1-17(18-9-11-20(12-10-18)29-14-13-26-16-29)27-24(30)19-5-4-6-21(15-19)33(31,32)28-23-8-3-2-7-22(23)25/h2-17,28H,1H3,(H,27,30)/t17-/m1/s1. The van der Waals surface area contributed by atoms with Crippen molar-refractivity contribution in [1.82, 2.24) is 14.9 Å². The molecule has 0 saturated heterocycles. The summed E-state index contributed by atoms with van der Waals surface area (Å²) in [7, 11) is -4.08. The Morgan fingerprint density at radius 2 is 1.79 bits per heavy atom. The van der Waals surface area contributed by atoms with Crippen molar-refractivity contribution < 1.29 is 17.6 Å². The molecule has 0 aliphatic heterocycles. The molecule has 33 heavy (non-hydrogen) atoms. The van der Waals surface area contributed by atoms with Crippen molar-refractivity contribution in [2.75, 3.05) is 4.72 Å². The summed E-state index contributed by atoms with van der Waals surface area (Å²) in [5.41, 5.74) is 1.83. The van der Waals surface area contributed by atoms with Crippen LogP contribution in [0.5, 0.6) is 0 Å². The van der Waals surface area contributed by atoms with E-state index >= 15 is 0 Å². The van der Waals surface area contributed by atoms with Crippen LogP contribution in [0.15, 0.2) is 96.4 Å². The SMILES string of the molecule is C[C@@H](NC(=O)c1cccc(S(=O)(=O)Nc2ccccc2F)c1)c1ccc(-n2ccnc2)cc1. The Morgan fingerprint density at radius 3 is 2.48 bits per heavy atom. The van der Waals surface area contributed by atoms with Crippen LogP contribution in [0.3, 0.4) is 0 Å². The molecule has 4 rings (SSSR count). The molecule has 1 amide bonds. The molecule has 4 aromatic rings. The number of para-hydroxylation sites is 1. The molecule has 0 aliphatic rings. The van der Waals surface area contributed by atoms with Crippen molar-refractivity contribution in [3.05, 3.63) is 108 Å². The Labute approximate surface area is 191 Å². The fourth-order valence-corrected chi connectivity index (χ4v) is 4.38. The summed E-state index contributed by atoms with van der Waals surface area (Å²) in [6.07, 6.45) is 5.22. The number of nitrogens with one attached hydrogen (secondary N) is 2. The Hall–Kier alpha value is -3.98. The molecular formula is C24H21FN4O3S. The number of amides is 1. The number of halogens is 1. The molecule has 1 atom stereocenters. The zero-order valence-corrected chi connectivity index (χ0v) is 18.5. The van der Waals surface area contributed by atoms with Crippen LogP contribution in [-0.4, -0.2) is 23.9 Å². The highest BCUT2D eigenvalue weighted by Gasteiger charge is 2.19. The van der Waals surface area contributed by atoms with E-state index in [-0.39, 0.29) is 22.2 Å². The largest absolute Gasteiger partial charge is 0.346 e. The first-order valence-corrected chi connectivity index (χ1v) is 11.6. The normalized spacial score (nSPS) is 12.2. The van der Waals surface area contributed by atoms with Gasteiger partial charge in [0.1, 0.15) is 5.82 Å². The summed E-state index contributed by atoms with van der Waals surface area (Å²) in [6.45, 7) is 1.84. The Kier molecular flexibility index (Phi) is 6.23. The van der Waals surface area contributed by atoms with Crippen LogP contribution >= 0.6 is 0 Å². The highest BCUT2D eigenvalue weighted by Crippen LogP contribution is 2.21. The molecule has 0 aliphatic carbocycles. The van der Waals surface area contributed by atoms with E-state index in [1.165, 1.54) is 42.5 Å². The van der Waals surface area contributed by atoms with Crippen LogP contribution in [-0.2, 0) is 10.0 Å². The highest BCUT2D eigenvalue weighted by molar-refractivity contribution is 7.92. The summed E-state index contributed by atoms with van der Waals surface area (Å²) in [4.78, 5) is 16.7. The van der Waals surface area contributed by atoms with Gasteiger partial charge in [-0.25, -0.2) is 17.8 Å². The molecule has 1 heterocycles. The lowest BCUT2D eigenvalue weighted by Gasteiger charge is -2.16. The minimum Gasteiger partial charge on any atom is -0.346 e. The maximum atomic E-state index is 13.9. The smallest absolute Gasteiger partial charge is 0.262 e. The second-order valence-electron chi connectivity index (χ2n) is 7.37. The molecular weight excluding hydrogens is 443 g/mol. The van der Waals surface area contributed by atoms with Crippen LogP contribution in [0.2, 0.25) is 0 Å². The molecule has 1 aromatic heterocycles. The molecule has 3 aromatic carbocycles. The lowest BCUT2D eigenvalue weighted by Crippen LogP contribution is -2.27. The van der Waals surface area contributed by atoms with Gasteiger partial charge >= 0.3 is 0 Å². The number of aromatic nitrogens is 2. The number of anilines is 1. The van der Waals surface area contributed by atoms with Crippen molar-refractivity contribution in [3.8, 4) is 5.69 Å². The number of benzene rings is 3. The van der Waals surface area contributed by atoms with Gasteiger partial charge in [-0.15, -0.1) is 0 Å². The van der Waals surface area contributed by atoms with Gasteiger partial charge in [0.2, 0.25) is 0 Å². The van der Waals surface area contributed by atoms with E-state index in [4.69, 9.17) is 0 Å². The Bertz CT molecular complexity index is 1370. The van der Waals surface area contributed by atoms with Crippen LogP contribution in [0.4, 0.5) is 10.1 Å². The predicted octanol–water partition coefficient (Wildman–Crippen LogP) is 4.30. The van der Waals surface area contributed by atoms with Gasteiger partial charge in [-0.1, -0.05) is 30.3 Å². The van der Waals surface area contributed by atoms with Crippen molar-refractivity contribution in [3.63, 3.8) is 0 Å². The van der Waals surface area contributed by atoms with Crippen LogP contribution < -0.4 is 10.0 Å². The molecule has 7 nitrogen and oxygen atoms in total. The zero-order chi connectivity index (χ0) is 23.4. The number of carbonyl (C=O) groups excluding carboxylic acids is 1. The third kappa shape index (κ3) is 5.09. The number of hydrogen-bond donors (Lipinski definition) is 2. The minimum absolute atomic E-state index is 0.143. The third-order valence-electron chi connectivity index (χ3n) is 5.07. The highest BCUT2D eigenvalue weighted by atomic mass is 32.2. The maximum absolute atomic E-state index is 13.9. The molecule has 0 radical (unpaired) electrons. The van der Waals surface area contributed by atoms with Gasteiger partial charge in [-0.2, -0.15) is 0 Å². The van der Waals surface area contributed by atoms with E-state index in [1.54, 1.807) is 12.5 Å². The number of nitrogens with zero attached hydrogens (tertiary/aromatic N) is 2. The molecule has 0 bridgehead atoms. The molecule has 0 fully saturated rings. The fraction of sp³-hybridized carbons (Fsp3) is 0.0833. The van der Waals surface area contributed by atoms with Crippen molar-refractivity contribution >= 4 is 21.6 Å². The van der Waals surface area contributed by atoms with E-state index in [2.05, 4.69) is 15.0 Å². The number of rotatable bonds is 7. The molecule has 168 valence electrons. The van der Waals surface area contributed by atoms with Crippen LogP contribution in [0, 0.1) is 5.82 Å². The van der Waals surface area contributed by atoms with Gasteiger partial charge in [0.25, 0.3) is 15.9 Å². The fourth-order valence-electron chi connectivity index (χ4n) is 3.26. The number of carbonyl (C=O) groups is 1. The molecule has 9 heteroatoms. The van der Waals surface area contributed by atoms with E-state index < -0.39 is 21.7 Å². The monoisotopic (exact) mass is 464 g/mol. The molecule has 0 saturated carbocycles. The van der Waals surface area contributed by atoms with Gasteiger partial charge in [0, 0.05) is 23.6 Å². The Morgan fingerprint density at radius 1 is 1.03 bits per heavy atom. The van der Waals surface area contributed by atoms with E-state index in [9.17, 15) is 17.6 Å². The van der Waals surface area contributed by atoms with Gasteiger partial charge in [-0.05, 0) is 55.0 Å². The van der Waals surface area contributed by atoms with Crippen LogP contribution in [0.25, 0.3) is 5.69 Å². The summed E-state index contributed by atoms with van der Waals surface area (Å²) in [5.74, 6) is -1.12. The average molecular weight is 465 g/mol. The van der Waals surface area contributed by atoms with E-state index in [0.717, 1.165) is 17.3 Å². The maximum Gasteiger partial charge on any atom is 0.262 e. The molecule has 0 spiro atoms. The first-order valence-electron chi connectivity index (χ1n) is 10.1. The quantitative estimate of drug-likeness (QED) is 0.426. The second-order valence-corrected chi connectivity index (χ2v) is 9.05. The number of sulfonamides is 1. The van der Waals surface area contributed by atoms with E-state index in [1.807, 2.05) is 42.0 Å². The summed E-state index contributed by atoms with van der Waals surface area (Å²) < 4.78 is 43.3. The predicted molar refractivity (Wildman–Crippen MR) is 123 cm³/mol. The van der Waals surface area contributed by atoms with Gasteiger partial charge in [0.15, 0.2) is 0 Å². The van der Waals surface area contributed by atoms with Crippen molar-refractivity contribution in [2.24, 2.45) is 0 Å². The summed E-state index contributed by atoms with van der Waals surface area (Å²) in [6, 6.07) is 18.4. The first kappa shape index (κ1) is 22.2.